The number of nitrogens with two attached hydrogens (primary N) is 2. The Morgan fingerprint density at radius 1 is 1.36 bits per heavy atom. The smallest absolute Gasteiger partial charge is 0.0955 e. The molecule has 0 bridgehead atoms. The highest BCUT2D eigenvalue weighted by Crippen LogP contribution is 2.24. The first-order valence-electron chi connectivity index (χ1n) is 4.55. The summed E-state index contributed by atoms with van der Waals surface area (Å²) in [6.45, 7) is 0.461. The van der Waals surface area contributed by atoms with Crippen molar-refractivity contribution in [2.75, 3.05) is 6.54 Å². The zero-order valence-electron chi connectivity index (χ0n) is 7.86. The van der Waals surface area contributed by atoms with Crippen molar-refractivity contribution >= 4 is 11.6 Å². The Labute approximate surface area is 88.7 Å². The Morgan fingerprint density at radius 2 is 2.00 bits per heavy atom. The predicted molar refractivity (Wildman–Crippen MR) is 58.1 cm³/mol. The van der Waals surface area contributed by atoms with E-state index in [1.54, 1.807) is 12.1 Å². The van der Waals surface area contributed by atoms with Crippen LogP contribution < -0.4 is 11.5 Å². The maximum atomic E-state index is 9.84. The van der Waals surface area contributed by atoms with E-state index in [0.29, 0.717) is 23.6 Å². The van der Waals surface area contributed by atoms with E-state index in [4.69, 9.17) is 23.1 Å². The number of benzene rings is 1. The lowest BCUT2D eigenvalue weighted by molar-refractivity contribution is 0.143. The van der Waals surface area contributed by atoms with Crippen LogP contribution in [0.25, 0.3) is 0 Å². The van der Waals surface area contributed by atoms with Gasteiger partial charge in [0.15, 0.2) is 0 Å². The van der Waals surface area contributed by atoms with Gasteiger partial charge >= 0.3 is 0 Å². The van der Waals surface area contributed by atoms with Gasteiger partial charge in [-0.1, -0.05) is 29.8 Å². The van der Waals surface area contributed by atoms with Gasteiger partial charge < -0.3 is 16.6 Å². The minimum absolute atomic E-state index is 0.361. The topological polar surface area (TPSA) is 72.3 Å². The standard InChI is InChI=1S/C10H15ClN2O/c11-8-4-2-1-3-7(8)10(14)9(13)5-6-12/h1-4,9-10,14H,5-6,12-13H2. The monoisotopic (exact) mass is 214 g/mol. The lowest BCUT2D eigenvalue weighted by Crippen LogP contribution is -2.30. The second-order valence-corrected chi connectivity index (χ2v) is 3.61. The fourth-order valence-electron chi connectivity index (χ4n) is 1.30. The van der Waals surface area contributed by atoms with Crippen LogP contribution in [-0.2, 0) is 0 Å². The fraction of sp³-hybridized carbons (Fsp3) is 0.400. The molecule has 1 aromatic carbocycles. The van der Waals surface area contributed by atoms with E-state index in [2.05, 4.69) is 0 Å². The van der Waals surface area contributed by atoms with Crippen LogP contribution in [-0.4, -0.2) is 17.7 Å². The number of halogens is 1. The molecular formula is C10H15ClN2O. The Balaban J connectivity index is 2.78. The van der Waals surface area contributed by atoms with Gasteiger partial charge in [0.25, 0.3) is 0 Å². The molecule has 0 spiro atoms. The van der Waals surface area contributed by atoms with Gasteiger partial charge in [-0.05, 0) is 19.0 Å². The second-order valence-electron chi connectivity index (χ2n) is 3.21. The summed E-state index contributed by atoms with van der Waals surface area (Å²) in [4.78, 5) is 0. The molecule has 0 aliphatic carbocycles. The van der Waals surface area contributed by atoms with Gasteiger partial charge in [-0.25, -0.2) is 0 Å². The molecule has 3 nitrogen and oxygen atoms in total. The molecule has 2 unspecified atom stereocenters. The van der Waals surface area contributed by atoms with Crippen molar-refractivity contribution in [3.05, 3.63) is 34.9 Å². The van der Waals surface area contributed by atoms with Crippen molar-refractivity contribution in [2.24, 2.45) is 11.5 Å². The molecular weight excluding hydrogens is 200 g/mol. The molecule has 0 saturated heterocycles. The van der Waals surface area contributed by atoms with E-state index < -0.39 is 6.10 Å². The quantitative estimate of drug-likeness (QED) is 0.702. The molecule has 1 rings (SSSR count). The molecule has 1 aromatic rings. The Kier molecular flexibility index (Phi) is 4.35. The van der Waals surface area contributed by atoms with Crippen molar-refractivity contribution < 1.29 is 5.11 Å². The first-order valence-corrected chi connectivity index (χ1v) is 4.92. The minimum Gasteiger partial charge on any atom is -0.387 e. The molecule has 0 saturated carbocycles. The first kappa shape index (κ1) is 11.5. The molecule has 0 aromatic heterocycles. The molecule has 5 N–H and O–H groups in total. The van der Waals surface area contributed by atoms with Gasteiger partial charge in [0.2, 0.25) is 0 Å². The zero-order valence-corrected chi connectivity index (χ0v) is 8.61. The van der Waals surface area contributed by atoms with E-state index in [1.165, 1.54) is 0 Å². The van der Waals surface area contributed by atoms with E-state index in [9.17, 15) is 5.11 Å². The van der Waals surface area contributed by atoms with Gasteiger partial charge in [-0.15, -0.1) is 0 Å². The van der Waals surface area contributed by atoms with Crippen LogP contribution in [0.3, 0.4) is 0 Å². The summed E-state index contributed by atoms with van der Waals surface area (Å²) in [5, 5.41) is 10.4. The van der Waals surface area contributed by atoms with Crippen molar-refractivity contribution in [3.63, 3.8) is 0 Å². The number of hydrogen-bond acceptors (Lipinski definition) is 3. The summed E-state index contributed by atoms with van der Waals surface area (Å²) in [5.41, 5.74) is 11.8. The highest BCUT2D eigenvalue weighted by molar-refractivity contribution is 6.31. The minimum atomic E-state index is -0.743. The van der Waals surface area contributed by atoms with Crippen LogP contribution in [0.15, 0.2) is 24.3 Å². The summed E-state index contributed by atoms with van der Waals surface area (Å²) in [7, 11) is 0. The lowest BCUT2D eigenvalue weighted by Gasteiger charge is -2.19. The van der Waals surface area contributed by atoms with Crippen LogP contribution in [0.1, 0.15) is 18.1 Å². The number of aliphatic hydroxyl groups excluding tert-OH is 1. The van der Waals surface area contributed by atoms with Crippen molar-refractivity contribution in [1.29, 1.82) is 0 Å². The normalized spacial score (nSPS) is 15.1. The zero-order chi connectivity index (χ0) is 10.6. The van der Waals surface area contributed by atoms with Gasteiger partial charge in [0.1, 0.15) is 0 Å². The van der Waals surface area contributed by atoms with Gasteiger partial charge in [-0.3, -0.25) is 0 Å². The molecule has 0 heterocycles. The molecule has 2 atom stereocenters. The molecule has 0 fully saturated rings. The summed E-state index contributed by atoms with van der Waals surface area (Å²) >= 11 is 5.92. The molecule has 14 heavy (non-hydrogen) atoms. The SMILES string of the molecule is NCCC(N)C(O)c1ccccc1Cl. The van der Waals surface area contributed by atoms with Crippen molar-refractivity contribution in [1.82, 2.24) is 0 Å². The van der Waals surface area contributed by atoms with Crippen LogP contribution in [0.4, 0.5) is 0 Å². The van der Waals surface area contributed by atoms with Crippen LogP contribution in [0.5, 0.6) is 0 Å². The van der Waals surface area contributed by atoms with E-state index in [1.807, 2.05) is 12.1 Å². The third-order valence-electron chi connectivity index (χ3n) is 2.13. The average molecular weight is 215 g/mol. The number of aliphatic hydroxyl groups is 1. The maximum absolute atomic E-state index is 9.84. The van der Waals surface area contributed by atoms with E-state index >= 15 is 0 Å². The average Bonchev–Trinajstić information content (AvgIpc) is 2.18. The Bertz CT molecular complexity index is 293. The maximum Gasteiger partial charge on any atom is 0.0955 e. The van der Waals surface area contributed by atoms with Crippen LogP contribution >= 0.6 is 11.6 Å². The predicted octanol–water partition coefficient (Wildman–Crippen LogP) is 1.05. The summed E-state index contributed by atoms with van der Waals surface area (Å²) in [6.07, 6.45) is -0.168. The molecule has 0 aliphatic heterocycles. The second kappa shape index (κ2) is 5.32. The van der Waals surface area contributed by atoms with Crippen LogP contribution in [0.2, 0.25) is 5.02 Å². The van der Waals surface area contributed by atoms with Crippen LogP contribution in [0, 0.1) is 0 Å². The van der Waals surface area contributed by atoms with Crippen molar-refractivity contribution in [2.45, 2.75) is 18.6 Å². The summed E-state index contributed by atoms with van der Waals surface area (Å²) in [5.74, 6) is 0. The highest BCUT2D eigenvalue weighted by atomic mass is 35.5. The molecule has 0 radical (unpaired) electrons. The van der Waals surface area contributed by atoms with E-state index in [-0.39, 0.29) is 6.04 Å². The fourth-order valence-corrected chi connectivity index (χ4v) is 1.54. The molecule has 78 valence electrons. The largest absolute Gasteiger partial charge is 0.387 e. The molecule has 0 amide bonds. The third kappa shape index (κ3) is 2.69. The summed E-state index contributed by atoms with van der Waals surface area (Å²) < 4.78 is 0. The van der Waals surface area contributed by atoms with Gasteiger partial charge in [-0.2, -0.15) is 0 Å². The van der Waals surface area contributed by atoms with Crippen molar-refractivity contribution in [3.8, 4) is 0 Å². The number of rotatable bonds is 4. The third-order valence-corrected chi connectivity index (χ3v) is 2.47. The Morgan fingerprint density at radius 3 is 2.57 bits per heavy atom. The summed E-state index contributed by atoms with van der Waals surface area (Å²) in [6, 6.07) is 6.77. The highest BCUT2D eigenvalue weighted by Gasteiger charge is 2.17. The first-order chi connectivity index (χ1) is 6.66. The van der Waals surface area contributed by atoms with Gasteiger partial charge in [0, 0.05) is 16.6 Å². The van der Waals surface area contributed by atoms with Gasteiger partial charge in [0.05, 0.1) is 6.10 Å². The molecule has 4 heteroatoms. The Hall–Kier alpha value is -0.610. The molecule has 0 aliphatic rings. The van der Waals surface area contributed by atoms with E-state index in [0.717, 1.165) is 0 Å². The lowest BCUT2D eigenvalue weighted by atomic mass is 10.0. The number of hydrogen-bond donors (Lipinski definition) is 3.